The van der Waals surface area contributed by atoms with Crippen LogP contribution in [0.4, 0.5) is 0 Å². The van der Waals surface area contributed by atoms with Crippen molar-refractivity contribution >= 4 is 0 Å². The number of aryl methyl sites for hydroxylation is 1. The molecule has 0 aliphatic rings. The van der Waals surface area contributed by atoms with E-state index in [2.05, 4.69) is 108 Å². The lowest BCUT2D eigenvalue weighted by Gasteiger charge is -2.17. The number of nitrogens with zero attached hydrogens (tertiary/aromatic N) is 2. The van der Waals surface area contributed by atoms with Gasteiger partial charge in [0.1, 0.15) is 0 Å². The first-order valence-electron chi connectivity index (χ1n) is 11.3. The Morgan fingerprint density at radius 3 is 1.55 bits per heavy atom. The molecular weight excluding hydrogens is 400 g/mol. The van der Waals surface area contributed by atoms with Gasteiger partial charge in [-0.2, -0.15) is 0 Å². The number of benzene rings is 3. The number of aromatic nitrogens is 2. The summed E-state index contributed by atoms with van der Waals surface area (Å²) in [6.07, 6.45) is 9.63. The third-order valence-electron chi connectivity index (χ3n) is 6.06. The molecule has 5 aromatic rings. The minimum Gasteiger partial charge on any atom is -0.264 e. The SMILES string of the molecule is Cc1cncc(Cc2cncc(Cc3ccccc3)c2-c2ccccc2)c1-c1ccccc1. The highest BCUT2D eigenvalue weighted by Gasteiger charge is 2.16. The van der Waals surface area contributed by atoms with E-state index in [0.717, 1.165) is 12.8 Å². The van der Waals surface area contributed by atoms with Crippen LogP contribution in [0.1, 0.15) is 27.8 Å². The van der Waals surface area contributed by atoms with Crippen molar-refractivity contribution in [1.29, 1.82) is 0 Å². The summed E-state index contributed by atoms with van der Waals surface area (Å²) in [6.45, 7) is 2.14. The van der Waals surface area contributed by atoms with Gasteiger partial charge in [0.05, 0.1) is 0 Å². The predicted octanol–water partition coefficient (Wildman–Crippen LogP) is 7.30. The Morgan fingerprint density at radius 2 is 0.939 bits per heavy atom. The topological polar surface area (TPSA) is 25.8 Å². The van der Waals surface area contributed by atoms with Gasteiger partial charge >= 0.3 is 0 Å². The average Bonchev–Trinajstić information content (AvgIpc) is 2.86. The zero-order valence-electron chi connectivity index (χ0n) is 18.8. The molecule has 2 heteroatoms. The third kappa shape index (κ3) is 4.61. The highest BCUT2D eigenvalue weighted by atomic mass is 14.6. The van der Waals surface area contributed by atoms with Crippen LogP contribution < -0.4 is 0 Å². The Morgan fingerprint density at radius 1 is 0.485 bits per heavy atom. The van der Waals surface area contributed by atoms with E-state index in [9.17, 15) is 0 Å². The summed E-state index contributed by atoms with van der Waals surface area (Å²) in [4.78, 5) is 9.21. The molecule has 0 saturated carbocycles. The van der Waals surface area contributed by atoms with Gasteiger partial charge in [-0.05, 0) is 63.4 Å². The Labute approximate surface area is 195 Å². The van der Waals surface area contributed by atoms with Crippen molar-refractivity contribution in [2.24, 2.45) is 0 Å². The maximum Gasteiger partial charge on any atom is 0.0309 e. The Kier molecular flexibility index (Phi) is 6.08. The molecule has 0 bridgehead atoms. The summed E-state index contributed by atoms with van der Waals surface area (Å²) >= 11 is 0. The van der Waals surface area contributed by atoms with E-state index < -0.39 is 0 Å². The fourth-order valence-electron chi connectivity index (χ4n) is 4.59. The zero-order valence-corrected chi connectivity index (χ0v) is 18.8. The largest absolute Gasteiger partial charge is 0.264 e. The standard InChI is InChI=1S/C31H26N2/c1-23-19-32-21-28(30(23)25-13-7-3-8-14-25)18-29-22-33-20-27(17-24-11-5-2-6-12-24)31(29)26-15-9-4-10-16-26/h2-16,19-22H,17-18H2,1H3. The van der Waals surface area contributed by atoms with E-state index in [0.29, 0.717) is 0 Å². The lowest BCUT2D eigenvalue weighted by atomic mass is 9.88. The predicted molar refractivity (Wildman–Crippen MR) is 136 cm³/mol. The molecule has 0 aliphatic heterocycles. The Bertz CT molecular complexity index is 1340. The molecule has 0 N–H and O–H groups in total. The molecule has 0 fully saturated rings. The maximum absolute atomic E-state index is 4.67. The molecule has 2 heterocycles. The van der Waals surface area contributed by atoms with Crippen molar-refractivity contribution < 1.29 is 0 Å². The molecule has 0 amide bonds. The van der Waals surface area contributed by atoms with Crippen LogP contribution in [-0.4, -0.2) is 9.97 Å². The minimum absolute atomic E-state index is 0.777. The second-order valence-electron chi connectivity index (χ2n) is 8.39. The molecule has 0 atom stereocenters. The third-order valence-corrected chi connectivity index (χ3v) is 6.06. The van der Waals surface area contributed by atoms with Gasteiger partial charge in [-0.3, -0.25) is 9.97 Å². The van der Waals surface area contributed by atoms with Crippen LogP contribution in [0.25, 0.3) is 22.3 Å². The van der Waals surface area contributed by atoms with Crippen molar-refractivity contribution in [2.45, 2.75) is 19.8 Å². The highest BCUT2D eigenvalue weighted by Crippen LogP contribution is 2.33. The van der Waals surface area contributed by atoms with Gasteiger partial charge in [0.25, 0.3) is 0 Å². The minimum atomic E-state index is 0.777. The quantitative estimate of drug-likeness (QED) is 0.285. The van der Waals surface area contributed by atoms with E-state index in [1.807, 2.05) is 24.8 Å². The normalized spacial score (nSPS) is 10.8. The van der Waals surface area contributed by atoms with Crippen LogP contribution in [-0.2, 0) is 12.8 Å². The summed E-state index contributed by atoms with van der Waals surface area (Å²) in [7, 11) is 0. The van der Waals surface area contributed by atoms with E-state index in [1.165, 1.54) is 50.1 Å². The molecule has 2 aromatic heterocycles. The van der Waals surface area contributed by atoms with E-state index in [4.69, 9.17) is 0 Å². The van der Waals surface area contributed by atoms with Gasteiger partial charge in [-0.15, -0.1) is 0 Å². The summed E-state index contributed by atoms with van der Waals surface area (Å²) in [6, 6.07) is 31.9. The monoisotopic (exact) mass is 426 g/mol. The Balaban J connectivity index is 1.63. The van der Waals surface area contributed by atoms with Crippen LogP contribution in [0.15, 0.2) is 116 Å². The molecule has 0 spiro atoms. The smallest absolute Gasteiger partial charge is 0.0309 e. The highest BCUT2D eigenvalue weighted by molar-refractivity contribution is 5.74. The first-order valence-corrected chi connectivity index (χ1v) is 11.3. The van der Waals surface area contributed by atoms with E-state index >= 15 is 0 Å². The second-order valence-corrected chi connectivity index (χ2v) is 8.39. The second kappa shape index (κ2) is 9.62. The molecule has 3 aromatic carbocycles. The maximum atomic E-state index is 4.67. The van der Waals surface area contributed by atoms with Crippen molar-refractivity contribution in [2.75, 3.05) is 0 Å². The van der Waals surface area contributed by atoms with Gasteiger partial charge < -0.3 is 0 Å². The summed E-state index contributed by atoms with van der Waals surface area (Å²) in [5.74, 6) is 0. The summed E-state index contributed by atoms with van der Waals surface area (Å²) in [5.41, 5.74) is 11.1. The van der Waals surface area contributed by atoms with Crippen molar-refractivity contribution in [3.8, 4) is 22.3 Å². The fourth-order valence-corrected chi connectivity index (χ4v) is 4.59. The number of hydrogen-bond donors (Lipinski definition) is 0. The van der Waals surface area contributed by atoms with Gasteiger partial charge in [-0.1, -0.05) is 91.0 Å². The van der Waals surface area contributed by atoms with Crippen molar-refractivity contribution in [3.63, 3.8) is 0 Å². The van der Waals surface area contributed by atoms with Crippen molar-refractivity contribution in [3.05, 3.63) is 144 Å². The lowest BCUT2D eigenvalue weighted by molar-refractivity contribution is 1.07. The molecule has 160 valence electrons. The molecule has 2 nitrogen and oxygen atoms in total. The van der Waals surface area contributed by atoms with Crippen LogP contribution in [0.2, 0.25) is 0 Å². The summed E-state index contributed by atoms with van der Waals surface area (Å²) < 4.78 is 0. The molecular formula is C31H26N2. The van der Waals surface area contributed by atoms with Crippen LogP contribution >= 0.6 is 0 Å². The van der Waals surface area contributed by atoms with Crippen molar-refractivity contribution in [1.82, 2.24) is 9.97 Å². The van der Waals surface area contributed by atoms with Crippen LogP contribution in [0.5, 0.6) is 0 Å². The summed E-state index contributed by atoms with van der Waals surface area (Å²) in [5, 5.41) is 0. The molecule has 0 radical (unpaired) electrons. The average molecular weight is 427 g/mol. The van der Waals surface area contributed by atoms with E-state index in [-0.39, 0.29) is 0 Å². The number of pyridine rings is 2. The first kappa shape index (κ1) is 20.8. The molecule has 5 rings (SSSR count). The van der Waals surface area contributed by atoms with Crippen LogP contribution in [0.3, 0.4) is 0 Å². The number of rotatable bonds is 6. The zero-order chi connectivity index (χ0) is 22.5. The Hall–Kier alpha value is -4.04. The van der Waals surface area contributed by atoms with E-state index in [1.54, 1.807) is 0 Å². The van der Waals surface area contributed by atoms with Crippen LogP contribution in [0, 0.1) is 6.92 Å². The fraction of sp³-hybridized carbons (Fsp3) is 0.0968. The van der Waals surface area contributed by atoms with Gasteiger partial charge in [0.2, 0.25) is 0 Å². The molecule has 0 unspecified atom stereocenters. The van der Waals surface area contributed by atoms with Gasteiger partial charge in [0, 0.05) is 31.2 Å². The molecule has 0 aliphatic carbocycles. The van der Waals surface area contributed by atoms with Gasteiger partial charge in [-0.25, -0.2) is 0 Å². The molecule has 0 saturated heterocycles. The first-order chi connectivity index (χ1) is 16.3. The number of hydrogen-bond acceptors (Lipinski definition) is 2. The van der Waals surface area contributed by atoms with Gasteiger partial charge in [0.15, 0.2) is 0 Å². The molecule has 33 heavy (non-hydrogen) atoms. The lowest BCUT2D eigenvalue weighted by Crippen LogP contribution is -2.02.